The second kappa shape index (κ2) is 9.90. The van der Waals surface area contributed by atoms with Crippen LogP contribution in [-0.2, 0) is 17.6 Å². The molecule has 1 aliphatic carbocycles. The Morgan fingerprint density at radius 1 is 1.21 bits per heavy atom. The molecule has 5 nitrogen and oxygen atoms in total. The summed E-state index contributed by atoms with van der Waals surface area (Å²) in [6, 6.07) is 2.15. The molecule has 2 aliphatic heterocycles. The minimum atomic E-state index is -0.150. The molecule has 2 fully saturated rings. The lowest BCUT2D eigenvalue weighted by Crippen LogP contribution is -2.51. The van der Waals surface area contributed by atoms with Crippen LogP contribution in [0.1, 0.15) is 71.5 Å². The van der Waals surface area contributed by atoms with Crippen molar-refractivity contribution in [3.05, 3.63) is 21.4 Å². The standard InChI is InChI=1S/C23H36N2O3S/c26-19-8-11-25(12-9-19)16-23(10-5-13-28-17-23)15-24-22(27)21-14-18-6-3-1-2-4-7-20(18)29-21/h14,19,26H,1-13,15-17H2,(H,24,27). The van der Waals surface area contributed by atoms with Crippen LogP contribution in [0.4, 0.5) is 0 Å². The van der Waals surface area contributed by atoms with E-state index >= 15 is 0 Å². The maximum Gasteiger partial charge on any atom is 0.261 e. The van der Waals surface area contributed by atoms with Crippen LogP contribution in [-0.4, -0.2) is 61.4 Å². The van der Waals surface area contributed by atoms with Gasteiger partial charge in [-0.1, -0.05) is 12.8 Å². The van der Waals surface area contributed by atoms with E-state index in [0.717, 1.165) is 69.6 Å². The van der Waals surface area contributed by atoms with E-state index in [9.17, 15) is 9.90 Å². The summed E-state index contributed by atoms with van der Waals surface area (Å²) in [7, 11) is 0. The number of fused-ring (bicyclic) bond motifs is 1. The Kier molecular flexibility index (Phi) is 7.27. The first-order valence-electron chi connectivity index (χ1n) is 11.5. The van der Waals surface area contributed by atoms with E-state index in [-0.39, 0.29) is 17.4 Å². The van der Waals surface area contributed by atoms with Crippen LogP contribution in [0.2, 0.25) is 0 Å². The van der Waals surface area contributed by atoms with Gasteiger partial charge in [0.2, 0.25) is 0 Å². The first-order chi connectivity index (χ1) is 14.1. The van der Waals surface area contributed by atoms with Crippen molar-refractivity contribution in [3.8, 4) is 0 Å². The van der Waals surface area contributed by atoms with Gasteiger partial charge in [-0.05, 0) is 63.0 Å². The Bertz CT molecular complexity index is 650. The van der Waals surface area contributed by atoms with E-state index in [1.165, 1.54) is 36.1 Å². The highest BCUT2D eigenvalue weighted by Crippen LogP contribution is 2.32. The molecule has 2 N–H and O–H groups in total. The quantitative estimate of drug-likeness (QED) is 0.767. The largest absolute Gasteiger partial charge is 0.393 e. The molecule has 1 aromatic heterocycles. The molecule has 4 rings (SSSR count). The average molecular weight is 421 g/mol. The van der Waals surface area contributed by atoms with Crippen LogP contribution in [0.15, 0.2) is 6.07 Å². The molecule has 0 radical (unpaired) electrons. The SMILES string of the molecule is O=C(NCC1(CN2CCC(O)CC2)CCCOC1)c1cc2c(s1)CCCCCC2. The molecular weight excluding hydrogens is 384 g/mol. The minimum Gasteiger partial charge on any atom is -0.393 e. The summed E-state index contributed by atoms with van der Waals surface area (Å²) in [6.07, 6.45) is 11.1. The second-order valence-corrected chi connectivity index (χ2v) is 10.5. The minimum absolute atomic E-state index is 0.0119. The van der Waals surface area contributed by atoms with Crippen LogP contribution >= 0.6 is 11.3 Å². The number of hydrogen-bond acceptors (Lipinski definition) is 5. The highest BCUT2D eigenvalue weighted by molar-refractivity contribution is 7.14. The third-order valence-corrected chi connectivity index (χ3v) is 8.10. The van der Waals surface area contributed by atoms with Crippen molar-refractivity contribution < 1.29 is 14.6 Å². The number of piperidine rings is 1. The van der Waals surface area contributed by atoms with Crippen molar-refractivity contribution in [2.45, 2.75) is 70.3 Å². The second-order valence-electron chi connectivity index (χ2n) is 9.32. The fourth-order valence-corrected chi connectivity index (χ4v) is 6.26. The van der Waals surface area contributed by atoms with E-state index in [4.69, 9.17) is 4.74 Å². The van der Waals surface area contributed by atoms with Crippen LogP contribution in [0.5, 0.6) is 0 Å². The topological polar surface area (TPSA) is 61.8 Å². The molecule has 162 valence electrons. The maximum absolute atomic E-state index is 13.0. The summed E-state index contributed by atoms with van der Waals surface area (Å²) < 4.78 is 5.86. The van der Waals surface area contributed by atoms with Crippen molar-refractivity contribution in [2.24, 2.45) is 5.41 Å². The predicted molar refractivity (Wildman–Crippen MR) is 117 cm³/mol. The molecule has 0 spiro atoms. The number of aryl methyl sites for hydroxylation is 2. The summed E-state index contributed by atoms with van der Waals surface area (Å²) in [6.45, 7) is 5.04. The Morgan fingerprint density at radius 2 is 2.00 bits per heavy atom. The maximum atomic E-state index is 13.0. The summed E-state index contributed by atoms with van der Waals surface area (Å²) in [5.41, 5.74) is 1.39. The molecule has 29 heavy (non-hydrogen) atoms. The van der Waals surface area contributed by atoms with E-state index in [1.54, 1.807) is 11.3 Å². The van der Waals surface area contributed by atoms with Gasteiger partial charge in [0.15, 0.2) is 0 Å². The number of aliphatic hydroxyl groups excluding tert-OH is 1. The molecule has 1 amide bonds. The summed E-state index contributed by atoms with van der Waals surface area (Å²) >= 11 is 1.71. The van der Waals surface area contributed by atoms with E-state index < -0.39 is 0 Å². The third-order valence-electron chi connectivity index (χ3n) is 6.86. The average Bonchev–Trinajstić information content (AvgIpc) is 3.11. The zero-order chi connectivity index (χ0) is 20.1. The number of nitrogens with zero attached hydrogens (tertiary/aromatic N) is 1. The van der Waals surface area contributed by atoms with Gasteiger partial charge in [0.1, 0.15) is 0 Å². The highest BCUT2D eigenvalue weighted by Gasteiger charge is 2.36. The number of rotatable bonds is 5. The van der Waals surface area contributed by atoms with E-state index in [0.29, 0.717) is 13.2 Å². The molecular formula is C23H36N2O3S. The Morgan fingerprint density at radius 3 is 2.76 bits per heavy atom. The van der Waals surface area contributed by atoms with Crippen molar-refractivity contribution >= 4 is 17.2 Å². The smallest absolute Gasteiger partial charge is 0.261 e. The number of nitrogens with one attached hydrogen (secondary N) is 1. The fourth-order valence-electron chi connectivity index (χ4n) is 5.09. The van der Waals surface area contributed by atoms with Gasteiger partial charge in [0.25, 0.3) is 5.91 Å². The lowest BCUT2D eigenvalue weighted by Gasteiger charge is -2.42. The molecule has 3 heterocycles. The molecule has 1 unspecified atom stereocenters. The summed E-state index contributed by atoms with van der Waals surface area (Å²) in [5.74, 6) is 0.0840. The molecule has 0 bridgehead atoms. The highest BCUT2D eigenvalue weighted by atomic mass is 32.1. The van der Waals surface area contributed by atoms with E-state index in [2.05, 4.69) is 16.3 Å². The summed E-state index contributed by atoms with van der Waals surface area (Å²) in [5, 5.41) is 13.1. The van der Waals surface area contributed by atoms with E-state index in [1.807, 2.05) is 0 Å². The fraction of sp³-hybridized carbons (Fsp3) is 0.783. The monoisotopic (exact) mass is 420 g/mol. The normalized spacial score (nSPS) is 27.1. The number of amides is 1. The Balaban J connectivity index is 1.38. The van der Waals surface area contributed by atoms with Crippen molar-refractivity contribution in [1.29, 1.82) is 0 Å². The number of likely N-dealkylation sites (tertiary alicyclic amines) is 1. The van der Waals surface area contributed by atoms with Crippen molar-refractivity contribution in [3.63, 3.8) is 0 Å². The lowest BCUT2D eigenvalue weighted by atomic mass is 9.81. The molecule has 1 aromatic rings. The van der Waals surface area contributed by atoms with Gasteiger partial charge in [-0.3, -0.25) is 4.79 Å². The number of thiophene rings is 1. The predicted octanol–water partition coefficient (Wildman–Crippen LogP) is 3.39. The first-order valence-corrected chi connectivity index (χ1v) is 12.3. The zero-order valence-electron chi connectivity index (χ0n) is 17.6. The number of ether oxygens (including phenoxy) is 1. The van der Waals surface area contributed by atoms with Crippen LogP contribution in [0.25, 0.3) is 0 Å². The van der Waals surface area contributed by atoms with Gasteiger partial charge < -0.3 is 20.1 Å². The van der Waals surface area contributed by atoms with Gasteiger partial charge in [0.05, 0.1) is 17.6 Å². The van der Waals surface area contributed by atoms with Gasteiger partial charge >= 0.3 is 0 Å². The molecule has 6 heteroatoms. The van der Waals surface area contributed by atoms with Crippen molar-refractivity contribution in [1.82, 2.24) is 10.2 Å². The zero-order valence-corrected chi connectivity index (χ0v) is 18.4. The molecule has 2 saturated heterocycles. The molecule has 0 saturated carbocycles. The van der Waals surface area contributed by atoms with Gasteiger partial charge in [-0.2, -0.15) is 0 Å². The van der Waals surface area contributed by atoms with Crippen LogP contribution < -0.4 is 5.32 Å². The Hall–Kier alpha value is -0.950. The lowest BCUT2D eigenvalue weighted by molar-refractivity contribution is -0.0341. The van der Waals surface area contributed by atoms with Gasteiger partial charge in [0, 0.05) is 43.1 Å². The molecule has 1 atom stereocenters. The summed E-state index contributed by atoms with van der Waals surface area (Å²) in [4.78, 5) is 17.7. The van der Waals surface area contributed by atoms with Crippen LogP contribution in [0.3, 0.4) is 0 Å². The first kappa shape index (κ1) is 21.3. The van der Waals surface area contributed by atoms with Gasteiger partial charge in [-0.15, -0.1) is 11.3 Å². The van der Waals surface area contributed by atoms with Gasteiger partial charge in [-0.25, -0.2) is 0 Å². The molecule has 0 aromatic carbocycles. The van der Waals surface area contributed by atoms with Crippen LogP contribution in [0, 0.1) is 5.41 Å². The number of aliphatic hydroxyl groups is 1. The number of carbonyl (C=O) groups is 1. The number of carbonyl (C=O) groups excluding carboxylic acids is 1. The Labute approximate surface area is 178 Å². The molecule has 3 aliphatic rings. The third kappa shape index (κ3) is 5.60. The number of hydrogen-bond donors (Lipinski definition) is 2. The van der Waals surface area contributed by atoms with Crippen molar-refractivity contribution in [2.75, 3.05) is 39.4 Å².